The number of aryl methyl sites for hydroxylation is 3. The molecular formula is C20H19ClN2O4S. The first kappa shape index (κ1) is 20.1. The van der Waals surface area contributed by atoms with E-state index < -0.39 is 5.97 Å². The molecule has 0 saturated carbocycles. The van der Waals surface area contributed by atoms with Crippen LogP contribution in [-0.4, -0.2) is 16.9 Å². The summed E-state index contributed by atoms with van der Waals surface area (Å²) in [4.78, 5) is 30.4. The smallest absolute Gasteiger partial charge is 0.342 e. The molecule has 3 rings (SSSR count). The van der Waals surface area contributed by atoms with Gasteiger partial charge in [-0.1, -0.05) is 17.7 Å². The van der Waals surface area contributed by atoms with Gasteiger partial charge in [-0.2, -0.15) is 0 Å². The Balaban J connectivity index is 1.82. The number of benzene rings is 1. The summed E-state index contributed by atoms with van der Waals surface area (Å²) in [6.45, 7) is 6.98. The summed E-state index contributed by atoms with van der Waals surface area (Å²) in [5.74, 6) is -0.196. The molecule has 28 heavy (non-hydrogen) atoms. The summed E-state index contributed by atoms with van der Waals surface area (Å²) in [6, 6.07) is 5.33. The van der Waals surface area contributed by atoms with Crippen molar-refractivity contribution in [1.29, 1.82) is 0 Å². The quantitative estimate of drug-likeness (QED) is 0.522. The number of halogens is 1. The molecule has 2 heterocycles. The largest absolute Gasteiger partial charge is 0.469 e. The van der Waals surface area contributed by atoms with Gasteiger partial charge >= 0.3 is 5.97 Å². The number of carbonyl (C=O) groups excluding carboxylic acids is 2. The SMILES string of the molecule is CC(=O)N(c1nc(COC(=O)c2ccoc2C)cs1)c1c(C)cc(C)cc1Cl. The first-order valence-corrected chi connectivity index (χ1v) is 9.76. The lowest BCUT2D eigenvalue weighted by molar-refractivity contribution is -0.115. The van der Waals surface area contributed by atoms with E-state index in [9.17, 15) is 9.59 Å². The normalized spacial score (nSPS) is 10.8. The number of carbonyl (C=O) groups is 2. The predicted octanol–water partition coefficient (Wildman–Crippen LogP) is 5.36. The third-order valence-corrected chi connectivity index (χ3v) is 5.26. The van der Waals surface area contributed by atoms with Crippen LogP contribution in [0.25, 0.3) is 0 Å². The fraction of sp³-hybridized carbons (Fsp3) is 0.250. The summed E-state index contributed by atoms with van der Waals surface area (Å²) in [6.07, 6.45) is 1.44. The number of ether oxygens (including phenoxy) is 1. The average molecular weight is 419 g/mol. The zero-order valence-electron chi connectivity index (χ0n) is 15.9. The van der Waals surface area contributed by atoms with Crippen molar-refractivity contribution in [2.24, 2.45) is 0 Å². The topological polar surface area (TPSA) is 72.6 Å². The number of hydrogen-bond acceptors (Lipinski definition) is 6. The fourth-order valence-corrected chi connectivity index (χ4v) is 4.12. The Morgan fingerprint density at radius 2 is 2.04 bits per heavy atom. The second kappa shape index (κ2) is 8.16. The predicted molar refractivity (Wildman–Crippen MR) is 108 cm³/mol. The van der Waals surface area contributed by atoms with Crippen molar-refractivity contribution in [3.63, 3.8) is 0 Å². The van der Waals surface area contributed by atoms with Gasteiger partial charge in [0.05, 0.1) is 22.7 Å². The number of hydrogen-bond donors (Lipinski definition) is 0. The summed E-state index contributed by atoms with van der Waals surface area (Å²) in [5, 5.41) is 2.69. The van der Waals surface area contributed by atoms with Crippen molar-refractivity contribution in [2.75, 3.05) is 4.90 Å². The lowest BCUT2D eigenvalue weighted by Crippen LogP contribution is -2.24. The molecule has 3 aromatic rings. The average Bonchev–Trinajstić information content (AvgIpc) is 3.24. The van der Waals surface area contributed by atoms with Crippen LogP contribution in [0.5, 0.6) is 0 Å². The van der Waals surface area contributed by atoms with Gasteiger partial charge in [-0.05, 0) is 44.0 Å². The maximum atomic E-state index is 12.3. The van der Waals surface area contributed by atoms with Gasteiger partial charge < -0.3 is 9.15 Å². The molecule has 0 spiro atoms. The minimum absolute atomic E-state index is 0.00763. The highest BCUT2D eigenvalue weighted by molar-refractivity contribution is 7.14. The summed E-state index contributed by atoms with van der Waals surface area (Å²) >= 11 is 7.69. The Labute approximate surface area is 171 Å². The van der Waals surface area contributed by atoms with Gasteiger partial charge in [0.1, 0.15) is 17.9 Å². The Morgan fingerprint density at radius 1 is 1.29 bits per heavy atom. The van der Waals surface area contributed by atoms with Gasteiger partial charge in [0.2, 0.25) is 5.91 Å². The fourth-order valence-electron chi connectivity index (χ4n) is 2.86. The summed E-state index contributed by atoms with van der Waals surface area (Å²) < 4.78 is 10.4. The molecule has 0 atom stereocenters. The third-order valence-electron chi connectivity index (χ3n) is 4.10. The van der Waals surface area contributed by atoms with Gasteiger partial charge in [-0.3, -0.25) is 9.69 Å². The molecule has 0 saturated heterocycles. The maximum Gasteiger partial charge on any atom is 0.342 e. The molecule has 146 valence electrons. The monoisotopic (exact) mass is 418 g/mol. The number of furan rings is 1. The highest BCUT2D eigenvalue weighted by Crippen LogP contribution is 2.37. The van der Waals surface area contributed by atoms with Crippen LogP contribution in [0.1, 0.15) is 39.9 Å². The van der Waals surface area contributed by atoms with Crippen LogP contribution in [-0.2, 0) is 16.1 Å². The second-order valence-electron chi connectivity index (χ2n) is 6.35. The van der Waals surface area contributed by atoms with Crippen molar-refractivity contribution in [3.8, 4) is 0 Å². The van der Waals surface area contributed by atoms with Gasteiger partial charge in [0, 0.05) is 12.3 Å². The number of aromatic nitrogens is 1. The Hall–Kier alpha value is -2.64. The number of anilines is 2. The maximum absolute atomic E-state index is 12.3. The van der Waals surface area contributed by atoms with Crippen molar-refractivity contribution in [2.45, 2.75) is 34.3 Å². The van der Waals surface area contributed by atoms with Gasteiger partial charge in [0.25, 0.3) is 0 Å². The number of esters is 1. The molecule has 8 heteroatoms. The highest BCUT2D eigenvalue weighted by atomic mass is 35.5. The Kier molecular flexibility index (Phi) is 5.86. The standard InChI is InChI=1S/C20H19ClN2O4S/c1-11-7-12(2)18(17(21)8-11)23(14(4)24)20-22-15(10-28-20)9-27-19(25)16-5-6-26-13(16)3/h5-8,10H,9H2,1-4H3. The molecule has 1 aromatic carbocycles. The van der Waals surface area contributed by atoms with E-state index in [-0.39, 0.29) is 12.5 Å². The molecule has 0 aliphatic rings. The molecule has 0 fully saturated rings. The highest BCUT2D eigenvalue weighted by Gasteiger charge is 2.23. The zero-order chi connectivity index (χ0) is 20.4. The van der Waals surface area contributed by atoms with E-state index in [1.165, 1.54) is 29.4 Å². The summed E-state index contributed by atoms with van der Waals surface area (Å²) in [7, 11) is 0. The van der Waals surface area contributed by atoms with Crippen LogP contribution in [0.15, 0.2) is 34.3 Å². The van der Waals surface area contributed by atoms with Gasteiger partial charge in [-0.25, -0.2) is 9.78 Å². The molecule has 0 aliphatic heterocycles. The van der Waals surface area contributed by atoms with Crippen molar-refractivity contribution in [1.82, 2.24) is 4.98 Å². The first-order valence-electron chi connectivity index (χ1n) is 8.51. The molecule has 0 radical (unpaired) electrons. The minimum Gasteiger partial charge on any atom is -0.469 e. The van der Waals surface area contributed by atoms with Crippen LogP contribution in [0.2, 0.25) is 5.02 Å². The number of amides is 1. The van der Waals surface area contributed by atoms with E-state index in [4.69, 9.17) is 20.8 Å². The minimum atomic E-state index is -0.485. The van der Waals surface area contributed by atoms with Crippen LogP contribution >= 0.6 is 22.9 Å². The number of nitrogens with zero attached hydrogens (tertiary/aromatic N) is 2. The molecule has 0 N–H and O–H groups in total. The first-order chi connectivity index (χ1) is 13.3. The van der Waals surface area contributed by atoms with E-state index in [0.29, 0.717) is 32.9 Å². The van der Waals surface area contributed by atoms with Crippen LogP contribution in [0.3, 0.4) is 0 Å². The van der Waals surface area contributed by atoms with E-state index in [1.807, 2.05) is 26.0 Å². The van der Waals surface area contributed by atoms with E-state index in [1.54, 1.807) is 18.4 Å². The third kappa shape index (κ3) is 4.10. The van der Waals surface area contributed by atoms with E-state index >= 15 is 0 Å². The lowest BCUT2D eigenvalue weighted by atomic mass is 10.1. The second-order valence-corrected chi connectivity index (χ2v) is 7.60. The van der Waals surface area contributed by atoms with Crippen LogP contribution in [0, 0.1) is 20.8 Å². The molecule has 0 unspecified atom stereocenters. The van der Waals surface area contributed by atoms with E-state index in [0.717, 1.165) is 11.1 Å². The van der Waals surface area contributed by atoms with Crippen molar-refractivity contribution in [3.05, 3.63) is 63.0 Å². The summed E-state index contributed by atoms with van der Waals surface area (Å²) in [5.41, 5.74) is 3.41. The van der Waals surface area contributed by atoms with Crippen LogP contribution in [0.4, 0.5) is 10.8 Å². The molecule has 1 amide bonds. The van der Waals surface area contributed by atoms with Gasteiger partial charge in [-0.15, -0.1) is 11.3 Å². The van der Waals surface area contributed by atoms with E-state index in [2.05, 4.69) is 4.98 Å². The Morgan fingerprint density at radius 3 is 2.64 bits per heavy atom. The number of thiazole rings is 1. The Bertz CT molecular complexity index is 1020. The molecule has 2 aromatic heterocycles. The van der Waals surface area contributed by atoms with Gasteiger partial charge in [0.15, 0.2) is 5.13 Å². The molecule has 0 bridgehead atoms. The molecule has 0 aliphatic carbocycles. The zero-order valence-corrected chi connectivity index (χ0v) is 17.5. The van der Waals surface area contributed by atoms with Crippen LogP contribution < -0.4 is 4.90 Å². The number of rotatable bonds is 5. The van der Waals surface area contributed by atoms with Crippen molar-refractivity contribution >= 4 is 45.6 Å². The lowest BCUT2D eigenvalue weighted by Gasteiger charge is -2.22. The van der Waals surface area contributed by atoms with Crippen molar-refractivity contribution < 1.29 is 18.7 Å². The molecule has 6 nitrogen and oxygen atoms in total. The molecular weight excluding hydrogens is 400 g/mol.